The van der Waals surface area contributed by atoms with Gasteiger partial charge in [0.2, 0.25) is 0 Å². The van der Waals surface area contributed by atoms with Gasteiger partial charge in [-0.25, -0.2) is 4.79 Å². The zero-order valence-electron chi connectivity index (χ0n) is 15.2. The summed E-state index contributed by atoms with van der Waals surface area (Å²) in [5, 5.41) is 3.04. The Kier molecular flexibility index (Phi) is 9.37. The van der Waals surface area contributed by atoms with E-state index in [0.29, 0.717) is 6.04 Å². The van der Waals surface area contributed by atoms with Crippen LogP contribution in [0.15, 0.2) is 30.3 Å². The molecular formula is C19H33N3O. The first kappa shape index (κ1) is 19.5. The molecule has 1 aromatic carbocycles. The van der Waals surface area contributed by atoms with E-state index in [1.54, 1.807) is 0 Å². The topological polar surface area (TPSA) is 35.6 Å². The molecule has 0 bridgehead atoms. The monoisotopic (exact) mass is 319 g/mol. The molecule has 0 aromatic heterocycles. The molecule has 0 aliphatic carbocycles. The smallest absolute Gasteiger partial charge is 0.317 e. The van der Waals surface area contributed by atoms with Crippen molar-refractivity contribution in [2.24, 2.45) is 0 Å². The molecule has 4 nitrogen and oxygen atoms in total. The van der Waals surface area contributed by atoms with E-state index in [-0.39, 0.29) is 6.03 Å². The minimum Gasteiger partial charge on any atom is -0.338 e. The number of carbonyl (C=O) groups excluding carboxylic acids is 1. The zero-order valence-corrected chi connectivity index (χ0v) is 15.2. The van der Waals surface area contributed by atoms with Gasteiger partial charge in [0.15, 0.2) is 0 Å². The zero-order chi connectivity index (χ0) is 17.1. The summed E-state index contributed by atoms with van der Waals surface area (Å²) in [7, 11) is 2.14. The largest absolute Gasteiger partial charge is 0.338 e. The fourth-order valence-corrected chi connectivity index (χ4v) is 2.36. The fraction of sp³-hybridized carbons (Fsp3) is 0.632. The maximum absolute atomic E-state index is 12.2. The number of nitrogens with one attached hydrogen (secondary N) is 1. The summed E-state index contributed by atoms with van der Waals surface area (Å²) >= 11 is 0. The molecule has 23 heavy (non-hydrogen) atoms. The highest BCUT2D eigenvalue weighted by molar-refractivity contribution is 5.74. The van der Waals surface area contributed by atoms with Crippen LogP contribution in [0.5, 0.6) is 0 Å². The van der Waals surface area contributed by atoms with Crippen LogP contribution in [0, 0.1) is 0 Å². The fourth-order valence-electron chi connectivity index (χ4n) is 2.36. The van der Waals surface area contributed by atoms with Crippen LogP contribution in [0.25, 0.3) is 0 Å². The Morgan fingerprint density at radius 1 is 1.13 bits per heavy atom. The SMILES string of the molecule is CCN(CCc1ccccc1)C(=O)NCCCCN(C)C(C)C. The van der Waals surface area contributed by atoms with E-state index in [4.69, 9.17) is 0 Å². The van der Waals surface area contributed by atoms with Gasteiger partial charge in [-0.05, 0) is 59.2 Å². The van der Waals surface area contributed by atoms with Gasteiger partial charge in [-0.2, -0.15) is 0 Å². The molecule has 0 saturated heterocycles. The lowest BCUT2D eigenvalue weighted by atomic mass is 10.1. The summed E-state index contributed by atoms with van der Waals surface area (Å²) in [6.07, 6.45) is 3.05. The van der Waals surface area contributed by atoms with Crippen molar-refractivity contribution in [1.82, 2.24) is 15.1 Å². The Balaban J connectivity index is 2.20. The molecule has 0 fully saturated rings. The van der Waals surface area contributed by atoms with Crippen molar-refractivity contribution in [2.45, 2.75) is 46.1 Å². The minimum atomic E-state index is 0.0562. The van der Waals surface area contributed by atoms with E-state index >= 15 is 0 Å². The van der Waals surface area contributed by atoms with Gasteiger partial charge in [0.1, 0.15) is 0 Å². The van der Waals surface area contributed by atoms with Crippen LogP contribution in [0.3, 0.4) is 0 Å². The predicted octanol–water partition coefficient (Wildman–Crippen LogP) is 3.38. The Morgan fingerprint density at radius 3 is 2.43 bits per heavy atom. The number of rotatable bonds is 10. The molecule has 0 radical (unpaired) electrons. The molecule has 4 heteroatoms. The van der Waals surface area contributed by atoms with Crippen molar-refractivity contribution < 1.29 is 4.79 Å². The molecule has 1 rings (SSSR count). The third kappa shape index (κ3) is 8.03. The first-order chi connectivity index (χ1) is 11.0. The number of carbonyl (C=O) groups is 1. The number of likely N-dealkylation sites (N-methyl/N-ethyl adjacent to an activating group) is 1. The summed E-state index contributed by atoms with van der Waals surface area (Å²) in [5.41, 5.74) is 1.27. The molecule has 130 valence electrons. The van der Waals surface area contributed by atoms with Crippen LogP contribution >= 0.6 is 0 Å². The Bertz CT molecular complexity index is 434. The van der Waals surface area contributed by atoms with Crippen molar-refractivity contribution in [3.05, 3.63) is 35.9 Å². The highest BCUT2D eigenvalue weighted by Crippen LogP contribution is 2.02. The molecule has 1 aromatic rings. The summed E-state index contributed by atoms with van der Waals surface area (Å²) in [5.74, 6) is 0. The third-order valence-electron chi connectivity index (χ3n) is 4.28. The van der Waals surface area contributed by atoms with Gasteiger partial charge in [-0.1, -0.05) is 30.3 Å². The Hall–Kier alpha value is -1.55. The maximum Gasteiger partial charge on any atom is 0.317 e. The van der Waals surface area contributed by atoms with Crippen LogP contribution in [0.2, 0.25) is 0 Å². The number of hydrogen-bond donors (Lipinski definition) is 1. The highest BCUT2D eigenvalue weighted by Gasteiger charge is 2.10. The van der Waals surface area contributed by atoms with Crippen molar-refractivity contribution in [3.8, 4) is 0 Å². The van der Waals surface area contributed by atoms with Crippen LogP contribution in [0.4, 0.5) is 4.79 Å². The first-order valence-corrected chi connectivity index (χ1v) is 8.81. The van der Waals surface area contributed by atoms with Gasteiger partial charge in [0, 0.05) is 25.7 Å². The van der Waals surface area contributed by atoms with E-state index in [1.807, 2.05) is 30.0 Å². The quantitative estimate of drug-likeness (QED) is 0.671. The van der Waals surface area contributed by atoms with Gasteiger partial charge in [0.05, 0.1) is 0 Å². The van der Waals surface area contributed by atoms with Crippen molar-refractivity contribution in [3.63, 3.8) is 0 Å². The van der Waals surface area contributed by atoms with Crippen molar-refractivity contribution in [2.75, 3.05) is 33.2 Å². The van der Waals surface area contributed by atoms with Crippen molar-refractivity contribution in [1.29, 1.82) is 0 Å². The average molecular weight is 319 g/mol. The number of urea groups is 1. The number of unbranched alkanes of at least 4 members (excludes halogenated alkanes) is 1. The molecule has 0 aliphatic heterocycles. The van der Waals surface area contributed by atoms with E-state index in [0.717, 1.165) is 45.4 Å². The molecule has 2 amide bonds. The van der Waals surface area contributed by atoms with Gasteiger partial charge >= 0.3 is 6.03 Å². The lowest BCUT2D eigenvalue weighted by Gasteiger charge is -2.22. The summed E-state index contributed by atoms with van der Waals surface area (Å²) in [6, 6.07) is 11.0. The number of nitrogens with zero attached hydrogens (tertiary/aromatic N) is 2. The summed E-state index contributed by atoms with van der Waals surface area (Å²) < 4.78 is 0. The van der Waals surface area contributed by atoms with E-state index < -0.39 is 0 Å². The number of amides is 2. The molecule has 1 N–H and O–H groups in total. The highest BCUT2D eigenvalue weighted by atomic mass is 16.2. The van der Waals surface area contributed by atoms with Gasteiger partial charge in [-0.15, -0.1) is 0 Å². The Morgan fingerprint density at radius 2 is 1.83 bits per heavy atom. The van der Waals surface area contributed by atoms with Crippen LogP contribution in [-0.4, -0.2) is 55.1 Å². The molecule has 0 unspecified atom stereocenters. The summed E-state index contributed by atoms with van der Waals surface area (Å²) in [4.78, 5) is 16.4. The number of benzene rings is 1. The van der Waals surface area contributed by atoms with E-state index in [2.05, 4.69) is 43.2 Å². The van der Waals surface area contributed by atoms with Gasteiger partial charge in [-0.3, -0.25) is 0 Å². The van der Waals surface area contributed by atoms with E-state index in [9.17, 15) is 4.79 Å². The number of hydrogen-bond acceptors (Lipinski definition) is 2. The Labute approximate surface area is 141 Å². The summed E-state index contributed by atoms with van der Waals surface area (Å²) in [6.45, 7) is 9.78. The predicted molar refractivity (Wildman–Crippen MR) is 97.8 cm³/mol. The molecular weight excluding hydrogens is 286 g/mol. The van der Waals surface area contributed by atoms with Crippen LogP contribution in [0.1, 0.15) is 39.2 Å². The molecule has 0 heterocycles. The van der Waals surface area contributed by atoms with E-state index in [1.165, 1.54) is 5.56 Å². The molecule has 0 atom stereocenters. The molecule has 0 aliphatic rings. The lowest BCUT2D eigenvalue weighted by Crippen LogP contribution is -2.41. The molecule has 0 saturated carbocycles. The maximum atomic E-state index is 12.2. The van der Waals surface area contributed by atoms with Crippen molar-refractivity contribution >= 4 is 6.03 Å². The van der Waals surface area contributed by atoms with Gasteiger partial charge < -0.3 is 15.1 Å². The lowest BCUT2D eigenvalue weighted by molar-refractivity contribution is 0.200. The second kappa shape index (κ2) is 11.1. The second-order valence-corrected chi connectivity index (χ2v) is 6.33. The third-order valence-corrected chi connectivity index (χ3v) is 4.28. The normalized spacial score (nSPS) is 11.0. The minimum absolute atomic E-state index is 0.0562. The molecule has 0 spiro atoms. The van der Waals surface area contributed by atoms with Gasteiger partial charge in [0.25, 0.3) is 0 Å². The van der Waals surface area contributed by atoms with Crippen LogP contribution < -0.4 is 5.32 Å². The average Bonchev–Trinajstić information content (AvgIpc) is 2.55. The first-order valence-electron chi connectivity index (χ1n) is 8.81. The van der Waals surface area contributed by atoms with Crippen LogP contribution in [-0.2, 0) is 6.42 Å². The standard InChI is InChI=1S/C19H33N3O/c1-5-22(16-13-18-11-7-6-8-12-18)19(23)20-14-9-10-15-21(4)17(2)3/h6-8,11-12,17H,5,9-10,13-16H2,1-4H3,(H,20,23). The second-order valence-electron chi connectivity index (χ2n) is 6.33.